The number of nitrogens with zero attached hydrogens (tertiary/aromatic N) is 3. The fraction of sp³-hybridized carbons (Fsp3) is 0.174. The van der Waals surface area contributed by atoms with Gasteiger partial charge in [-0.15, -0.1) is 0 Å². The summed E-state index contributed by atoms with van der Waals surface area (Å²) in [7, 11) is 0. The average molecular weight is 422 g/mol. The number of hydrogen-bond donors (Lipinski definition) is 1. The highest BCUT2D eigenvalue weighted by molar-refractivity contribution is 6.04. The Bertz CT molecular complexity index is 1260. The summed E-state index contributed by atoms with van der Waals surface area (Å²) in [5.41, 5.74) is 4.05. The van der Waals surface area contributed by atoms with Gasteiger partial charge in [-0.25, -0.2) is 13.8 Å². The number of benzene rings is 2. The molecular formula is C23H20F2N4O2. The Labute approximate surface area is 177 Å². The van der Waals surface area contributed by atoms with Gasteiger partial charge in [0.1, 0.15) is 11.5 Å². The molecule has 8 heteroatoms. The van der Waals surface area contributed by atoms with Crippen molar-refractivity contribution in [1.82, 2.24) is 14.8 Å². The van der Waals surface area contributed by atoms with E-state index in [1.54, 1.807) is 24.3 Å². The van der Waals surface area contributed by atoms with Crippen LogP contribution in [0, 0.1) is 32.4 Å². The fourth-order valence-corrected chi connectivity index (χ4v) is 3.21. The Kier molecular flexibility index (Phi) is 5.37. The van der Waals surface area contributed by atoms with Crippen molar-refractivity contribution in [3.8, 4) is 11.5 Å². The monoisotopic (exact) mass is 422 g/mol. The number of halogens is 2. The Morgan fingerprint density at radius 2 is 1.77 bits per heavy atom. The number of amides is 1. The second-order valence-corrected chi connectivity index (χ2v) is 7.27. The smallest absolute Gasteiger partial charge is 0.255 e. The number of carbonyl (C=O) groups is 1. The van der Waals surface area contributed by atoms with E-state index in [0.29, 0.717) is 23.9 Å². The molecule has 2 heterocycles. The van der Waals surface area contributed by atoms with Gasteiger partial charge in [-0.1, -0.05) is 0 Å². The van der Waals surface area contributed by atoms with Gasteiger partial charge < -0.3 is 9.73 Å². The first-order valence-electron chi connectivity index (χ1n) is 9.64. The maximum Gasteiger partial charge on any atom is 0.255 e. The lowest BCUT2D eigenvalue weighted by atomic mass is 10.1. The largest absolute Gasteiger partial charge is 0.441 e. The Morgan fingerprint density at radius 1 is 1.03 bits per heavy atom. The van der Waals surface area contributed by atoms with Crippen molar-refractivity contribution in [2.24, 2.45) is 0 Å². The first-order valence-corrected chi connectivity index (χ1v) is 9.64. The Balaban J connectivity index is 1.48. The molecule has 2 aromatic carbocycles. The van der Waals surface area contributed by atoms with Crippen molar-refractivity contribution in [2.75, 3.05) is 5.32 Å². The lowest BCUT2D eigenvalue weighted by Crippen LogP contribution is -2.12. The maximum atomic E-state index is 13.3. The van der Waals surface area contributed by atoms with Gasteiger partial charge in [0.2, 0.25) is 5.89 Å². The number of aromatic nitrogens is 3. The highest BCUT2D eigenvalue weighted by Crippen LogP contribution is 2.24. The van der Waals surface area contributed by atoms with E-state index >= 15 is 0 Å². The van der Waals surface area contributed by atoms with E-state index in [1.165, 1.54) is 6.07 Å². The zero-order valence-electron chi connectivity index (χ0n) is 17.2. The molecule has 0 saturated heterocycles. The van der Waals surface area contributed by atoms with Crippen LogP contribution in [0.4, 0.5) is 14.5 Å². The van der Waals surface area contributed by atoms with Crippen LogP contribution in [0.15, 0.2) is 52.9 Å². The molecule has 2 aromatic heterocycles. The standard InChI is InChI=1S/C23H20F2N4O2/c1-13-10-14(2)29(28-13)12-21-15(3)31-23(27-21)16-4-7-18(8-5-16)26-22(30)17-6-9-19(24)20(25)11-17/h4-11H,12H2,1-3H3,(H,26,30). The van der Waals surface area contributed by atoms with E-state index in [2.05, 4.69) is 15.4 Å². The van der Waals surface area contributed by atoms with Gasteiger partial charge in [0.05, 0.1) is 12.2 Å². The average Bonchev–Trinajstić information content (AvgIpc) is 3.25. The van der Waals surface area contributed by atoms with Gasteiger partial charge >= 0.3 is 0 Å². The summed E-state index contributed by atoms with van der Waals surface area (Å²) in [6.07, 6.45) is 0. The lowest BCUT2D eigenvalue weighted by Gasteiger charge is -2.06. The Hall–Kier alpha value is -3.81. The van der Waals surface area contributed by atoms with Crippen LogP contribution in [0.5, 0.6) is 0 Å². The van der Waals surface area contributed by atoms with Gasteiger partial charge in [0, 0.05) is 22.5 Å². The third kappa shape index (κ3) is 4.37. The predicted molar refractivity (Wildman–Crippen MR) is 112 cm³/mol. The van der Waals surface area contributed by atoms with Crippen LogP contribution in [-0.4, -0.2) is 20.7 Å². The molecule has 0 unspecified atom stereocenters. The second kappa shape index (κ2) is 8.14. The minimum absolute atomic E-state index is 0.0279. The van der Waals surface area contributed by atoms with E-state index in [1.807, 2.05) is 31.5 Å². The topological polar surface area (TPSA) is 73.0 Å². The van der Waals surface area contributed by atoms with Crippen LogP contribution in [0.3, 0.4) is 0 Å². The third-order valence-corrected chi connectivity index (χ3v) is 4.87. The van der Waals surface area contributed by atoms with Crippen LogP contribution in [0.25, 0.3) is 11.5 Å². The minimum atomic E-state index is -1.07. The number of hydrogen-bond acceptors (Lipinski definition) is 4. The quantitative estimate of drug-likeness (QED) is 0.489. The molecule has 31 heavy (non-hydrogen) atoms. The normalized spacial score (nSPS) is 11.0. The molecule has 6 nitrogen and oxygen atoms in total. The zero-order valence-corrected chi connectivity index (χ0v) is 17.2. The highest BCUT2D eigenvalue weighted by atomic mass is 19.2. The molecule has 0 spiro atoms. The van der Waals surface area contributed by atoms with Gasteiger partial charge in [0.25, 0.3) is 5.91 Å². The van der Waals surface area contributed by atoms with E-state index in [0.717, 1.165) is 34.8 Å². The van der Waals surface area contributed by atoms with Crippen molar-refractivity contribution in [2.45, 2.75) is 27.3 Å². The van der Waals surface area contributed by atoms with Crippen LogP contribution in [-0.2, 0) is 6.54 Å². The molecule has 158 valence electrons. The van der Waals surface area contributed by atoms with Crippen molar-refractivity contribution >= 4 is 11.6 Å². The van der Waals surface area contributed by atoms with Crippen molar-refractivity contribution < 1.29 is 18.0 Å². The summed E-state index contributed by atoms with van der Waals surface area (Å²) >= 11 is 0. The molecule has 0 aliphatic heterocycles. The van der Waals surface area contributed by atoms with Crippen LogP contribution >= 0.6 is 0 Å². The van der Waals surface area contributed by atoms with Crippen molar-refractivity contribution in [3.05, 3.63) is 88.6 Å². The van der Waals surface area contributed by atoms with Gasteiger partial charge in [0.15, 0.2) is 11.6 Å². The van der Waals surface area contributed by atoms with Crippen LogP contribution in [0.2, 0.25) is 0 Å². The molecular weight excluding hydrogens is 402 g/mol. The second-order valence-electron chi connectivity index (χ2n) is 7.27. The molecule has 0 aliphatic carbocycles. The predicted octanol–water partition coefficient (Wildman–Crippen LogP) is 5.04. The van der Waals surface area contributed by atoms with Crippen molar-refractivity contribution in [1.29, 1.82) is 0 Å². The number of nitrogens with one attached hydrogen (secondary N) is 1. The number of carbonyl (C=O) groups excluding carboxylic acids is 1. The molecule has 4 aromatic rings. The minimum Gasteiger partial charge on any atom is -0.441 e. The third-order valence-electron chi connectivity index (χ3n) is 4.87. The molecule has 0 radical (unpaired) electrons. The highest BCUT2D eigenvalue weighted by Gasteiger charge is 2.14. The summed E-state index contributed by atoms with van der Waals surface area (Å²) in [6, 6.07) is 11.9. The van der Waals surface area contributed by atoms with Gasteiger partial charge in [-0.2, -0.15) is 5.10 Å². The summed E-state index contributed by atoms with van der Waals surface area (Å²) in [5.74, 6) is -1.44. The zero-order chi connectivity index (χ0) is 22.1. The summed E-state index contributed by atoms with van der Waals surface area (Å²) in [6.45, 7) is 6.30. The Morgan fingerprint density at radius 3 is 2.42 bits per heavy atom. The molecule has 0 saturated carbocycles. The van der Waals surface area contributed by atoms with Gasteiger partial charge in [-0.05, 0) is 69.3 Å². The molecule has 0 atom stereocenters. The molecule has 1 N–H and O–H groups in total. The van der Waals surface area contributed by atoms with Crippen LogP contribution in [0.1, 0.15) is 33.2 Å². The molecule has 4 rings (SSSR count). The lowest BCUT2D eigenvalue weighted by molar-refractivity contribution is 0.102. The first kappa shape index (κ1) is 20.5. The van der Waals surface area contributed by atoms with E-state index in [-0.39, 0.29) is 5.56 Å². The molecule has 0 aliphatic rings. The molecule has 0 bridgehead atoms. The van der Waals surface area contributed by atoms with Crippen molar-refractivity contribution in [3.63, 3.8) is 0 Å². The number of oxazole rings is 1. The van der Waals surface area contributed by atoms with Crippen LogP contribution < -0.4 is 5.32 Å². The van der Waals surface area contributed by atoms with Gasteiger partial charge in [-0.3, -0.25) is 9.48 Å². The maximum absolute atomic E-state index is 13.3. The summed E-state index contributed by atoms with van der Waals surface area (Å²) in [5, 5.41) is 7.10. The number of rotatable bonds is 5. The SMILES string of the molecule is Cc1cc(C)n(Cc2nc(-c3ccc(NC(=O)c4ccc(F)c(F)c4)cc3)oc2C)n1. The molecule has 1 amide bonds. The number of anilines is 1. The summed E-state index contributed by atoms with van der Waals surface area (Å²) in [4.78, 5) is 16.8. The first-order chi connectivity index (χ1) is 14.8. The molecule has 0 fully saturated rings. The summed E-state index contributed by atoms with van der Waals surface area (Å²) < 4.78 is 34.1. The number of aryl methyl sites for hydroxylation is 3. The van der Waals surface area contributed by atoms with E-state index in [9.17, 15) is 13.6 Å². The van der Waals surface area contributed by atoms with E-state index < -0.39 is 17.5 Å². The fourth-order valence-electron chi connectivity index (χ4n) is 3.21. The van der Waals surface area contributed by atoms with E-state index in [4.69, 9.17) is 4.42 Å².